The van der Waals surface area contributed by atoms with Gasteiger partial charge in [-0.3, -0.25) is 9.59 Å². The number of hydrogen-bond acceptors (Lipinski definition) is 5. The lowest BCUT2D eigenvalue weighted by molar-refractivity contribution is -0.141. The molecule has 0 fully saturated rings. The first-order valence-corrected chi connectivity index (χ1v) is 8.57. The fraction of sp³-hybridized carbons (Fsp3) is 0.444. The maximum absolute atomic E-state index is 12.9. The molecule has 140 valence electrons. The summed E-state index contributed by atoms with van der Waals surface area (Å²) in [7, 11) is 0. The van der Waals surface area contributed by atoms with Crippen LogP contribution in [0.15, 0.2) is 36.9 Å². The molecule has 0 saturated carbocycles. The fourth-order valence-electron chi connectivity index (χ4n) is 2.49. The van der Waals surface area contributed by atoms with Crippen LogP contribution in [0.1, 0.15) is 30.6 Å². The predicted octanol–water partition coefficient (Wildman–Crippen LogP) is 1.86. The van der Waals surface area contributed by atoms with Gasteiger partial charge in [0.25, 0.3) is 5.91 Å². The second-order valence-corrected chi connectivity index (χ2v) is 5.93. The minimum Gasteiger partial charge on any atom is -0.481 e. The van der Waals surface area contributed by atoms with E-state index >= 15 is 0 Å². The van der Waals surface area contributed by atoms with Crippen molar-refractivity contribution in [3.8, 4) is 5.69 Å². The molecule has 0 aliphatic heterocycles. The molecule has 2 aromatic rings. The summed E-state index contributed by atoms with van der Waals surface area (Å²) < 4.78 is 6.88. The van der Waals surface area contributed by atoms with Crippen LogP contribution in [-0.2, 0) is 9.53 Å². The first-order chi connectivity index (χ1) is 12.5. The highest BCUT2D eigenvalue weighted by molar-refractivity contribution is 5.95. The molecule has 0 bridgehead atoms. The second kappa shape index (κ2) is 9.67. The van der Waals surface area contributed by atoms with Crippen LogP contribution in [0.3, 0.4) is 0 Å². The molecule has 1 amide bonds. The van der Waals surface area contributed by atoms with E-state index in [1.807, 2.05) is 13.0 Å². The summed E-state index contributed by atoms with van der Waals surface area (Å²) in [6.45, 7) is 5.22. The molecule has 1 aromatic carbocycles. The van der Waals surface area contributed by atoms with Gasteiger partial charge in [0, 0.05) is 31.9 Å². The quantitative estimate of drug-likeness (QED) is 0.650. The van der Waals surface area contributed by atoms with Gasteiger partial charge in [0.05, 0.1) is 11.6 Å². The number of carbonyl (C=O) groups is 2. The van der Waals surface area contributed by atoms with Gasteiger partial charge in [0.2, 0.25) is 0 Å². The molecule has 2 rings (SSSR count). The molecule has 1 N–H and O–H groups in total. The summed E-state index contributed by atoms with van der Waals surface area (Å²) in [5.41, 5.74) is 1.20. The number of carboxylic acids is 1. The van der Waals surface area contributed by atoms with E-state index in [9.17, 15) is 14.7 Å². The summed E-state index contributed by atoms with van der Waals surface area (Å²) in [5, 5.41) is 13.2. The van der Waals surface area contributed by atoms with Crippen molar-refractivity contribution in [3.63, 3.8) is 0 Å². The maximum Gasteiger partial charge on any atom is 0.308 e. The van der Waals surface area contributed by atoms with Gasteiger partial charge in [-0.05, 0) is 31.5 Å². The van der Waals surface area contributed by atoms with Crippen LogP contribution in [0.5, 0.6) is 0 Å². The summed E-state index contributed by atoms with van der Waals surface area (Å²) in [6.07, 6.45) is 3.62. The molecule has 0 radical (unpaired) electrons. The number of aliphatic carboxylic acids is 1. The van der Waals surface area contributed by atoms with Gasteiger partial charge in [0.15, 0.2) is 0 Å². The van der Waals surface area contributed by atoms with Crippen LogP contribution in [0.25, 0.3) is 5.69 Å². The van der Waals surface area contributed by atoms with Gasteiger partial charge >= 0.3 is 5.97 Å². The molecule has 1 unspecified atom stereocenters. The number of carbonyl (C=O) groups excluding carboxylic acids is 1. The normalized spacial score (nSPS) is 11.9. The Kier molecular flexibility index (Phi) is 7.28. The number of carboxylic acid groups (broad SMARTS) is 1. The Labute approximate surface area is 152 Å². The average Bonchev–Trinajstić information content (AvgIpc) is 3.18. The molecule has 8 nitrogen and oxygen atoms in total. The highest BCUT2D eigenvalue weighted by Crippen LogP contribution is 2.13. The molecule has 1 atom stereocenters. The Hall–Kier alpha value is -2.74. The van der Waals surface area contributed by atoms with Crippen molar-refractivity contribution in [2.75, 3.05) is 26.3 Å². The largest absolute Gasteiger partial charge is 0.481 e. The van der Waals surface area contributed by atoms with E-state index < -0.39 is 11.9 Å². The van der Waals surface area contributed by atoms with Crippen LogP contribution in [-0.4, -0.2) is 63.0 Å². The zero-order valence-corrected chi connectivity index (χ0v) is 15.0. The van der Waals surface area contributed by atoms with Gasteiger partial charge in [-0.1, -0.05) is 13.0 Å². The van der Waals surface area contributed by atoms with E-state index in [-0.39, 0.29) is 12.5 Å². The van der Waals surface area contributed by atoms with E-state index in [1.54, 1.807) is 41.0 Å². The first kappa shape index (κ1) is 19.6. The third-order valence-corrected chi connectivity index (χ3v) is 3.90. The van der Waals surface area contributed by atoms with Crippen molar-refractivity contribution in [3.05, 3.63) is 42.5 Å². The van der Waals surface area contributed by atoms with Gasteiger partial charge in [-0.25, -0.2) is 9.67 Å². The summed E-state index contributed by atoms with van der Waals surface area (Å²) in [6, 6.07) is 7.02. The number of amides is 1. The predicted molar refractivity (Wildman–Crippen MR) is 95.2 cm³/mol. The first-order valence-electron chi connectivity index (χ1n) is 8.57. The van der Waals surface area contributed by atoms with Crippen molar-refractivity contribution in [2.45, 2.75) is 20.3 Å². The van der Waals surface area contributed by atoms with Crippen LogP contribution in [0.4, 0.5) is 0 Å². The molecule has 0 aliphatic rings. The SMILES string of the molecule is CCOCCCN(CC(C)C(=O)O)C(=O)c1cccc(-n2cncn2)c1. The highest BCUT2D eigenvalue weighted by Gasteiger charge is 2.21. The molecule has 8 heteroatoms. The van der Waals surface area contributed by atoms with Crippen LogP contribution < -0.4 is 0 Å². The van der Waals surface area contributed by atoms with Crippen LogP contribution in [0, 0.1) is 5.92 Å². The molecule has 26 heavy (non-hydrogen) atoms. The minimum atomic E-state index is -0.927. The standard InChI is InChI=1S/C18H24N4O4/c1-3-26-9-5-8-21(11-14(2)18(24)25)17(23)15-6-4-7-16(10-15)22-13-19-12-20-22/h4,6-7,10,12-14H,3,5,8-9,11H2,1-2H3,(H,24,25). The van der Waals surface area contributed by atoms with E-state index in [0.29, 0.717) is 37.4 Å². The minimum absolute atomic E-state index is 0.147. The zero-order valence-electron chi connectivity index (χ0n) is 15.0. The zero-order chi connectivity index (χ0) is 18.9. The Morgan fingerprint density at radius 1 is 1.38 bits per heavy atom. The Morgan fingerprint density at radius 2 is 2.19 bits per heavy atom. The van der Waals surface area contributed by atoms with Gasteiger partial charge < -0.3 is 14.7 Å². The molecule has 0 aliphatic carbocycles. The van der Waals surface area contributed by atoms with Crippen LogP contribution >= 0.6 is 0 Å². The number of aromatic nitrogens is 3. The van der Waals surface area contributed by atoms with Crippen molar-refractivity contribution in [1.29, 1.82) is 0 Å². The van der Waals surface area contributed by atoms with Gasteiger partial charge in [0.1, 0.15) is 12.7 Å². The lowest BCUT2D eigenvalue weighted by Gasteiger charge is -2.25. The highest BCUT2D eigenvalue weighted by atomic mass is 16.5. The van der Waals surface area contributed by atoms with E-state index in [4.69, 9.17) is 4.74 Å². The molecule has 0 saturated heterocycles. The van der Waals surface area contributed by atoms with Gasteiger partial charge in [-0.2, -0.15) is 5.10 Å². The summed E-state index contributed by atoms with van der Waals surface area (Å²) in [5.74, 6) is -1.79. The Morgan fingerprint density at radius 3 is 2.85 bits per heavy atom. The van der Waals surface area contributed by atoms with Crippen LogP contribution in [0.2, 0.25) is 0 Å². The van der Waals surface area contributed by atoms with Crippen molar-refractivity contribution < 1.29 is 19.4 Å². The number of rotatable bonds is 10. The lowest BCUT2D eigenvalue weighted by atomic mass is 10.1. The maximum atomic E-state index is 12.9. The number of hydrogen-bond donors (Lipinski definition) is 1. The summed E-state index contributed by atoms with van der Waals surface area (Å²) >= 11 is 0. The third-order valence-electron chi connectivity index (χ3n) is 3.90. The monoisotopic (exact) mass is 360 g/mol. The topological polar surface area (TPSA) is 97.6 Å². The molecule has 0 spiro atoms. The van der Waals surface area contributed by atoms with E-state index in [1.165, 1.54) is 6.33 Å². The third kappa shape index (κ3) is 5.38. The average molecular weight is 360 g/mol. The fourth-order valence-corrected chi connectivity index (χ4v) is 2.49. The van der Waals surface area contributed by atoms with E-state index in [0.717, 1.165) is 0 Å². The van der Waals surface area contributed by atoms with Gasteiger partial charge in [-0.15, -0.1) is 0 Å². The number of nitrogens with zero attached hydrogens (tertiary/aromatic N) is 4. The Balaban J connectivity index is 2.15. The Bertz CT molecular complexity index is 718. The summed E-state index contributed by atoms with van der Waals surface area (Å²) in [4.78, 5) is 29.6. The molecular weight excluding hydrogens is 336 g/mol. The van der Waals surface area contributed by atoms with Crippen molar-refractivity contribution in [1.82, 2.24) is 19.7 Å². The number of ether oxygens (including phenoxy) is 1. The second-order valence-electron chi connectivity index (χ2n) is 5.93. The molecular formula is C18H24N4O4. The van der Waals surface area contributed by atoms with Crippen molar-refractivity contribution >= 4 is 11.9 Å². The lowest BCUT2D eigenvalue weighted by Crippen LogP contribution is -2.38. The van der Waals surface area contributed by atoms with E-state index in [2.05, 4.69) is 10.1 Å². The smallest absolute Gasteiger partial charge is 0.308 e. The number of benzene rings is 1. The molecule has 1 heterocycles. The van der Waals surface area contributed by atoms with Crippen molar-refractivity contribution in [2.24, 2.45) is 5.92 Å². The molecule has 1 aromatic heterocycles.